The van der Waals surface area contributed by atoms with Crippen molar-refractivity contribution in [1.29, 1.82) is 0 Å². The van der Waals surface area contributed by atoms with Gasteiger partial charge in [-0.2, -0.15) is 0 Å². The summed E-state index contributed by atoms with van der Waals surface area (Å²) in [5, 5.41) is 12.8. The van der Waals surface area contributed by atoms with Crippen molar-refractivity contribution in [1.82, 2.24) is 0 Å². The van der Waals surface area contributed by atoms with E-state index in [0.717, 1.165) is 0 Å². The SMILES string of the molecule is CC(Nc1cccc(F)c1)(C(=O)O)c1cccc(Cl)c1. The molecule has 0 aliphatic heterocycles. The molecule has 20 heavy (non-hydrogen) atoms. The topological polar surface area (TPSA) is 49.3 Å². The van der Waals surface area contributed by atoms with Gasteiger partial charge < -0.3 is 10.4 Å². The predicted molar refractivity (Wildman–Crippen MR) is 76.5 cm³/mol. The molecule has 0 heterocycles. The minimum absolute atomic E-state index is 0.384. The molecule has 0 aliphatic carbocycles. The minimum atomic E-state index is -1.40. The van der Waals surface area contributed by atoms with Gasteiger partial charge in [-0.05, 0) is 42.8 Å². The van der Waals surface area contributed by atoms with Crippen molar-refractivity contribution in [3.63, 3.8) is 0 Å². The van der Waals surface area contributed by atoms with E-state index in [2.05, 4.69) is 5.32 Å². The summed E-state index contributed by atoms with van der Waals surface area (Å²) in [6.45, 7) is 1.51. The highest BCUT2D eigenvalue weighted by atomic mass is 35.5. The van der Waals surface area contributed by atoms with Crippen LogP contribution in [0.1, 0.15) is 12.5 Å². The molecular formula is C15H13ClFNO2. The Bertz CT molecular complexity index is 647. The fraction of sp³-hybridized carbons (Fsp3) is 0.133. The van der Waals surface area contributed by atoms with Gasteiger partial charge in [-0.1, -0.05) is 29.8 Å². The molecule has 0 saturated carbocycles. The molecule has 0 radical (unpaired) electrons. The first-order valence-corrected chi connectivity index (χ1v) is 6.33. The van der Waals surface area contributed by atoms with Crippen molar-refractivity contribution in [2.24, 2.45) is 0 Å². The lowest BCUT2D eigenvalue weighted by molar-refractivity contribution is -0.142. The standard InChI is InChI=1S/C15H13ClFNO2/c1-15(14(19)20,10-4-2-5-11(16)8-10)18-13-7-3-6-12(17)9-13/h2-9,18H,1H3,(H,19,20). The number of carboxylic acids is 1. The summed E-state index contributed by atoms with van der Waals surface area (Å²) in [6.07, 6.45) is 0. The number of hydrogen-bond donors (Lipinski definition) is 2. The minimum Gasteiger partial charge on any atom is -0.479 e. The molecule has 3 nitrogen and oxygen atoms in total. The normalized spacial score (nSPS) is 13.6. The number of hydrogen-bond acceptors (Lipinski definition) is 2. The maximum Gasteiger partial charge on any atom is 0.333 e. The molecule has 104 valence electrons. The maximum atomic E-state index is 13.2. The Morgan fingerprint density at radius 1 is 1.25 bits per heavy atom. The molecule has 0 aromatic heterocycles. The number of rotatable bonds is 4. The largest absolute Gasteiger partial charge is 0.479 e. The van der Waals surface area contributed by atoms with Crippen molar-refractivity contribution in [3.05, 3.63) is 64.9 Å². The van der Waals surface area contributed by atoms with E-state index in [1.165, 1.54) is 25.1 Å². The summed E-state index contributed by atoms with van der Waals surface area (Å²) in [7, 11) is 0. The van der Waals surface area contributed by atoms with Crippen LogP contribution >= 0.6 is 11.6 Å². The van der Waals surface area contributed by atoms with Gasteiger partial charge in [-0.3, -0.25) is 0 Å². The predicted octanol–water partition coefficient (Wildman–Crippen LogP) is 3.89. The average molecular weight is 294 g/mol. The highest BCUT2D eigenvalue weighted by Crippen LogP contribution is 2.28. The zero-order chi connectivity index (χ0) is 14.8. The summed E-state index contributed by atoms with van der Waals surface area (Å²) in [5.41, 5.74) is -0.532. The van der Waals surface area contributed by atoms with Gasteiger partial charge in [0.25, 0.3) is 0 Å². The van der Waals surface area contributed by atoms with Crippen molar-refractivity contribution in [2.45, 2.75) is 12.5 Å². The van der Waals surface area contributed by atoms with E-state index in [1.807, 2.05) is 0 Å². The summed E-state index contributed by atoms with van der Waals surface area (Å²) in [5.74, 6) is -1.52. The van der Waals surface area contributed by atoms with Crippen molar-refractivity contribution >= 4 is 23.3 Å². The smallest absolute Gasteiger partial charge is 0.333 e. The summed E-state index contributed by atoms with van der Waals surface area (Å²) >= 11 is 5.90. The third kappa shape index (κ3) is 2.91. The van der Waals surface area contributed by atoms with Gasteiger partial charge in [0, 0.05) is 10.7 Å². The van der Waals surface area contributed by atoms with Crippen LogP contribution in [0.15, 0.2) is 48.5 Å². The molecule has 0 amide bonds. The van der Waals surface area contributed by atoms with Gasteiger partial charge >= 0.3 is 5.97 Å². The first kappa shape index (κ1) is 14.3. The van der Waals surface area contributed by atoms with Crippen molar-refractivity contribution in [2.75, 3.05) is 5.32 Å². The van der Waals surface area contributed by atoms with Gasteiger partial charge in [-0.25, -0.2) is 9.18 Å². The molecule has 2 N–H and O–H groups in total. The van der Waals surface area contributed by atoms with E-state index in [-0.39, 0.29) is 0 Å². The number of halogens is 2. The zero-order valence-electron chi connectivity index (χ0n) is 10.7. The van der Waals surface area contributed by atoms with E-state index in [1.54, 1.807) is 30.3 Å². The second-order valence-corrected chi connectivity index (χ2v) is 5.01. The number of nitrogens with one attached hydrogen (secondary N) is 1. The maximum absolute atomic E-state index is 13.2. The molecule has 0 bridgehead atoms. The summed E-state index contributed by atoms with van der Waals surface area (Å²) in [4.78, 5) is 11.6. The van der Waals surface area contributed by atoms with E-state index in [4.69, 9.17) is 11.6 Å². The number of aliphatic carboxylic acids is 1. The molecule has 0 fully saturated rings. The first-order chi connectivity index (χ1) is 9.41. The Morgan fingerprint density at radius 2 is 1.95 bits per heavy atom. The van der Waals surface area contributed by atoms with Crippen molar-refractivity contribution in [3.8, 4) is 0 Å². The summed E-state index contributed by atoms with van der Waals surface area (Å²) < 4.78 is 13.2. The fourth-order valence-electron chi connectivity index (χ4n) is 1.90. The number of anilines is 1. The second kappa shape index (κ2) is 5.51. The van der Waals surface area contributed by atoms with E-state index >= 15 is 0 Å². The molecule has 0 aliphatic rings. The van der Waals surface area contributed by atoms with Gasteiger partial charge in [0.2, 0.25) is 0 Å². The van der Waals surface area contributed by atoms with Gasteiger partial charge in [0.1, 0.15) is 5.82 Å². The van der Waals surface area contributed by atoms with Crippen LogP contribution in [-0.4, -0.2) is 11.1 Å². The summed E-state index contributed by atoms with van der Waals surface area (Å²) in [6, 6.07) is 12.2. The lowest BCUT2D eigenvalue weighted by atomic mass is 9.91. The second-order valence-electron chi connectivity index (χ2n) is 4.58. The van der Waals surface area contributed by atoms with Gasteiger partial charge in [0.05, 0.1) is 0 Å². The number of benzene rings is 2. The van der Waals surface area contributed by atoms with Crippen molar-refractivity contribution < 1.29 is 14.3 Å². The molecule has 2 rings (SSSR count). The highest BCUT2D eigenvalue weighted by Gasteiger charge is 2.35. The molecule has 0 spiro atoms. The molecule has 0 saturated heterocycles. The molecule has 2 aromatic carbocycles. The molecule has 1 atom stereocenters. The Labute approximate surface area is 121 Å². The van der Waals surface area contributed by atoms with Crippen LogP contribution < -0.4 is 5.32 Å². The van der Waals surface area contributed by atoms with Crippen LogP contribution in [0.3, 0.4) is 0 Å². The Morgan fingerprint density at radius 3 is 2.55 bits per heavy atom. The Hall–Kier alpha value is -2.07. The Balaban J connectivity index is 2.42. The van der Waals surface area contributed by atoms with Crippen LogP contribution in [0.4, 0.5) is 10.1 Å². The third-order valence-corrected chi connectivity index (χ3v) is 3.28. The number of carboxylic acid groups (broad SMARTS) is 1. The number of carbonyl (C=O) groups is 1. The zero-order valence-corrected chi connectivity index (χ0v) is 11.5. The van der Waals surface area contributed by atoms with Crippen LogP contribution in [0, 0.1) is 5.82 Å². The van der Waals surface area contributed by atoms with Crippen LogP contribution in [0.5, 0.6) is 0 Å². The average Bonchev–Trinajstić information content (AvgIpc) is 2.38. The quantitative estimate of drug-likeness (QED) is 0.899. The molecule has 5 heteroatoms. The van der Waals surface area contributed by atoms with E-state index in [9.17, 15) is 14.3 Å². The Kier molecular flexibility index (Phi) is 3.95. The lowest BCUT2D eigenvalue weighted by Crippen LogP contribution is -2.40. The van der Waals surface area contributed by atoms with Crippen LogP contribution in [0.2, 0.25) is 5.02 Å². The molecular weight excluding hydrogens is 281 g/mol. The first-order valence-electron chi connectivity index (χ1n) is 5.95. The molecule has 1 unspecified atom stereocenters. The van der Waals surface area contributed by atoms with Gasteiger partial charge in [-0.15, -0.1) is 0 Å². The van der Waals surface area contributed by atoms with Crippen LogP contribution in [-0.2, 0) is 10.3 Å². The van der Waals surface area contributed by atoms with E-state index in [0.29, 0.717) is 16.3 Å². The lowest BCUT2D eigenvalue weighted by Gasteiger charge is -2.28. The van der Waals surface area contributed by atoms with Gasteiger partial charge in [0.15, 0.2) is 5.54 Å². The highest BCUT2D eigenvalue weighted by molar-refractivity contribution is 6.30. The van der Waals surface area contributed by atoms with E-state index < -0.39 is 17.3 Å². The monoisotopic (exact) mass is 293 g/mol. The third-order valence-electron chi connectivity index (χ3n) is 3.05. The van der Waals surface area contributed by atoms with Crippen LogP contribution in [0.25, 0.3) is 0 Å². The molecule has 2 aromatic rings. The fourth-order valence-corrected chi connectivity index (χ4v) is 2.09.